The highest BCUT2D eigenvalue weighted by atomic mass is 16.7. The lowest BCUT2D eigenvalue weighted by atomic mass is 10.1. The molecule has 4 nitrogen and oxygen atoms in total. The van der Waals surface area contributed by atoms with Crippen LogP contribution in [-0.4, -0.2) is 18.9 Å². The number of fused-ring (bicyclic) bond motifs is 1. The zero-order valence-electron chi connectivity index (χ0n) is 12.9. The summed E-state index contributed by atoms with van der Waals surface area (Å²) in [5.41, 5.74) is 1.12. The van der Waals surface area contributed by atoms with Gasteiger partial charge in [-0.3, -0.25) is 0 Å². The molecule has 0 radical (unpaired) electrons. The molecule has 1 atom stereocenters. The average Bonchev–Trinajstić information content (AvgIpc) is 2.83. The molecule has 4 heteroatoms. The van der Waals surface area contributed by atoms with Gasteiger partial charge in [0.15, 0.2) is 11.5 Å². The van der Waals surface area contributed by atoms with Crippen molar-refractivity contribution in [1.82, 2.24) is 5.32 Å². The van der Waals surface area contributed by atoms with Crippen molar-refractivity contribution in [2.75, 3.05) is 6.79 Å². The van der Waals surface area contributed by atoms with E-state index in [4.69, 9.17) is 14.2 Å². The minimum atomic E-state index is 0.207. The second kappa shape index (κ2) is 6.84. The van der Waals surface area contributed by atoms with Crippen LogP contribution in [0.4, 0.5) is 0 Å². The van der Waals surface area contributed by atoms with E-state index < -0.39 is 0 Å². The SMILES string of the molecule is CCCC(C)Oc1cc2c(cc1CNC(C)C)OCO2. The highest BCUT2D eigenvalue weighted by Gasteiger charge is 2.19. The lowest BCUT2D eigenvalue weighted by Crippen LogP contribution is -2.22. The first-order valence-electron chi connectivity index (χ1n) is 7.42. The van der Waals surface area contributed by atoms with Gasteiger partial charge in [-0.15, -0.1) is 0 Å². The van der Waals surface area contributed by atoms with Crippen molar-refractivity contribution in [3.05, 3.63) is 17.7 Å². The molecular formula is C16H25NO3. The molecule has 1 aromatic carbocycles. The minimum Gasteiger partial charge on any atom is -0.490 e. The summed E-state index contributed by atoms with van der Waals surface area (Å²) < 4.78 is 17.0. The van der Waals surface area contributed by atoms with Gasteiger partial charge in [-0.2, -0.15) is 0 Å². The van der Waals surface area contributed by atoms with Gasteiger partial charge in [-0.25, -0.2) is 0 Å². The maximum atomic E-state index is 6.07. The van der Waals surface area contributed by atoms with Crippen molar-refractivity contribution in [2.24, 2.45) is 0 Å². The van der Waals surface area contributed by atoms with Crippen LogP contribution < -0.4 is 19.5 Å². The molecular weight excluding hydrogens is 254 g/mol. The summed E-state index contributed by atoms with van der Waals surface area (Å²) in [6.07, 6.45) is 2.37. The maximum absolute atomic E-state index is 6.07. The van der Waals surface area contributed by atoms with Crippen molar-refractivity contribution < 1.29 is 14.2 Å². The van der Waals surface area contributed by atoms with E-state index in [2.05, 4.69) is 33.0 Å². The second-order valence-corrected chi connectivity index (χ2v) is 5.57. The van der Waals surface area contributed by atoms with Crippen molar-refractivity contribution in [2.45, 2.75) is 59.2 Å². The number of hydrogen-bond acceptors (Lipinski definition) is 4. The zero-order chi connectivity index (χ0) is 14.5. The van der Waals surface area contributed by atoms with Crippen molar-refractivity contribution >= 4 is 0 Å². The second-order valence-electron chi connectivity index (χ2n) is 5.57. The fraction of sp³-hybridized carbons (Fsp3) is 0.625. The van der Waals surface area contributed by atoms with Gasteiger partial charge >= 0.3 is 0 Å². The molecule has 0 amide bonds. The fourth-order valence-corrected chi connectivity index (χ4v) is 2.21. The molecule has 1 aliphatic rings. The molecule has 20 heavy (non-hydrogen) atoms. The van der Waals surface area contributed by atoms with Crippen molar-refractivity contribution in [3.8, 4) is 17.2 Å². The Morgan fingerprint density at radius 2 is 1.90 bits per heavy atom. The van der Waals surface area contributed by atoms with Crippen LogP contribution in [0.15, 0.2) is 12.1 Å². The molecule has 1 aliphatic heterocycles. The molecule has 0 saturated carbocycles. The lowest BCUT2D eigenvalue weighted by molar-refractivity contribution is 0.173. The van der Waals surface area contributed by atoms with Gasteiger partial charge in [-0.1, -0.05) is 27.2 Å². The zero-order valence-corrected chi connectivity index (χ0v) is 12.9. The topological polar surface area (TPSA) is 39.7 Å². The van der Waals surface area contributed by atoms with Crippen LogP contribution >= 0.6 is 0 Å². The van der Waals surface area contributed by atoms with Crippen LogP contribution in [0.3, 0.4) is 0 Å². The van der Waals surface area contributed by atoms with Gasteiger partial charge in [-0.05, 0) is 19.4 Å². The molecule has 2 rings (SSSR count). The maximum Gasteiger partial charge on any atom is 0.231 e. The Bertz CT molecular complexity index is 446. The van der Waals surface area contributed by atoms with Crippen LogP contribution in [0.1, 0.15) is 46.1 Å². The van der Waals surface area contributed by atoms with Gasteiger partial charge in [0.1, 0.15) is 5.75 Å². The van der Waals surface area contributed by atoms with E-state index in [-0.39, 0.29) is 6.10 Å². The third-order valence-corrected chi connectivity index (χ3v) is 3.28. The first-order valence-corrected chi connectivity index (χ1v) is 7.42. The van der Waals surface area contributed by atoms with E-state index in [9.17, 15) is 0 Å². The Hall–Kier alpha value is -1.42. The van der Waals surface area contributed by atoms with E-state index in [1.807, 2.05) is 12.1 Å². The number of hydrogen-bond donors (Lipinski definition) is 1. The van der Waals surface area contributed by atoms with Crippen LogP contribution in [0.2, 0.25) is 0 Å². The molecule has 0 bridgehead atoms. The number of rotatable bonds is 7. The Labute approximate surface area is 121 Å². The fourth-order valence-electron chi connectivity index (χ4n) is 2.21. The molecule has 1 heterocycles. The minimum absolute atomic E-state index is 0.207. The monoisotopic (exact) mass is 279 g/mol. The summed E-state index contributed by atoms with van der Waals surface area (Å²) in [5.74, 6) is 2.47. The molecule has 0 aliphatic carbocycles. The number of benzene rings is 1. The molecule has 1 aromatic rings. The average molecular weight is 279 g/mol. The largest absolute Gasteiger partial charge is 0.490 e. The molecule has 112 valence electrons. The summed E-state index contributed by atoms with van der Waals surface area (Å²) in [6.45, 7) is 9.59. The molecule has 0 saturated heterocycles. The van der Waals surface area contributed by atoms with E-state index >= 15 is 0 Å². The number of ether oxygens (including phenoxy) is 3. The van der Waals surface area contributed by atoms with Crippen LogP contribution in [-0.2, 0) is 6.54 Å². The van der Waals surface area contributed by atoms with E-state index in [1.54, 1.807) is 0 Å². The Balaban J connectivity index is 2.17. The Morgan fingerprint density at radius 1 is 1.20 bits per heavy atom. The Kier molecular flexibility index (Phi) is 5.12. The quantitative estimate of drug-likeness (QED) is 0.829. The van der Waals surface area contributed by atoms with Gasteiger partial charge in [0.25, 0.3) is 0 Å². The first-order chi connectivity index (χ1) is 9.60. The molecule has 1 N–H and O–H groups in total. The van der Waals surface area contributed by atoms with Crippen LogP contribution in [0.5, 0.6) is 17.2 Å². The first kappa shape index (κ1) is 15.0. The smallest absolute Gasteiger partial charge is 0.231 e. The van der Waals surface area contributed by atoms with E-state index in [0.717, 1.165) is 42.2 Å². The van der Waals surface area contributed by atoms with Gasteiger partial charge < -0.3 is 19.5 Å². The summed E-state index contributed by atoms with van der Waals surface area (Å²) in [6, 6.07) is 4.40. The normalized spacial score (nSPS) is 14.7. The van der Waals surface area contributed by atoms with Crippen LogP contribution in [0.25, 0.3) is 0 Å². The van der Waals surface area contributed by atoms with E-state index in [0.29, 0.717) is 12.8 Å². The predicted octanol–water partition coefficient (Wildman–Crippen LogP) is 3.48. The molecule has 1 unspecified atom stereocenters. The Morgan fingerprint density at radius 3 is 2.55 bits per heavy atom. The highest BCUT2D eigenvalue weighted by molar-refractivity contribution is 5.51. The van der Waals surface area contributed by atoms with Crippen molar-refractivity contribution in [1.29, 1.82) is 0 Å². The summed E-state index contributed by atoms with van der Waals surface area (Å²) in [7, 11) is 0. The standard InChI is InChI=1S/C16H25NO3/c1-5-6-12(4)20-14-8-16-15(18-10-19-16)7-13(14)9-17-11(2)3/h7-8,11-12,17H,5-6,9-10H2,1-4H3. The third kappa shape index (κ3) is 3.79. The van der Waals surface area contributed by atoms with Gasteiger partial charge in [0, 0.05) is 24.2 Å². The highest BCUT2D eigenvalue weighted by Crippen LogP contribution is 2.38. The summed E-state index contributed by atoms with van der Waals surface area (Å²) in [4.78, 5) is 0. The molecule has 0 fully saturated rings. The summed E-state index contributed by atoms with van der Waals surface area (Å²) in [5, 5.41) is 3.42. The number of nitrogens with one attached hydrogen (secondary N) is 1. The third-order valence-electron chi connectivity index (χ3n) is 3.28. The van der Waals surface area contributed by atoms with Crippen molar-refractivity contribution in [3.63, 3.8) is 0 Å². The van der Waals surface area contributed by atoms with Crippen LogP contribution in [0, 0.1) is 0 Å². The molecule has 0 aromatic heterocycles. The van der Waals surface area contributed by atoms with E-state index in [1.165, 1.54) is 0 Å². The van der Waals surface area contributed by atoms with Gasteiger partial charge in [0.05, 0.1) is 6.10 Å². The lowest BCUT2D eigenvalue weighted by Gasteiger charge is -2.18. The summed E-state index contributed by atoms with van der Waals surface area (Å²) >= 11 is 0. The molecule has 0 spiro atoms. The van der Waals surface area contributed by atoms with Gasteiger partial charge in [0.2, 0.25) is 6.79 Å². The predicted molar refractivity (Wildman–Crippen MR) is 79.5 cm³/mol.